The van der Waals surface area contributed by atoms with Crippen LogP contribution >= 0.6 is 0 Å². The smallest absolute Gasteiger partial charge is 0.253 e. The van der Waals surface area contributed by atoms with Crippen LogP contribution in [0, 0.1) is 41.7 Å². The van der Waals surface area contributed by atoms with E-state index < -0.39 is 26.0 Å². The first-order chi connectivity index (χ1) is 9.62. The minimum Gasteiger partial charge on any atom is -0.253 e. The molecule has 0 aliphatic rings. The molecule has 0 unspecified atom stereocenters. The fourth-order valence-corrected chi connectivity index (χ4v) is 2.04. The van der Waals surface area contributed by atoms with E-state index in [1.165, 1.54) is 24.3 Å². The van der Waals surface area contributed by atoms with Crippen LogP contribution in [-0.2, 0) is 5.41 Å². The van der Waals surface area contributed by atoms with Gasteiger partial charge in [0, 0.05) is 0 Å². The first-order valence-electron chi connectivity index (χ1n) is 5.56. The summed E-state index contributed by atoms with van der Waals surface area (Å²) in [6.45, 7) is 2.09. The van der Waals surface area contributed by atoms with Crippen molar-refractivity contribution in [2.45, 2.75) is 25.0 Å². The van der Waals surface area contributed by atoms with Gasteiger partial charge in [-0.2, -0.15) is 5.26 Å². The van der Waals surface area contributed by atoms with E-state index >= 15 is 0 Å². The summed E-state index contributed by atoms with van der Waals surface area (Å²) in [5.41, 5.74) is -1.81. The van der Waals surface area contributed by atoms with Crippen molar-refractivity contribution in [3.8, 4) is 6.07 Å². The van der Waals surface area contributed by atoms with Gasteiger partial charge < -0.3 is 0 Å². The number of nitriles is 1. The van der Waals surface area contributed by atoms with E-state index in [4.69, 9.17) is 5.26 Å². The Morgan fingerprint density at radius 3 is 1.62 bits per heavy atom. The number of nitro groups is 3. The topological polar surface area (TPSA) is 153 Å². The highest BCUT2D eigenvalue weighted by molar-refractivity contribution is 5.35. The van der Waals surface area contributed by atoms with E-state index in [1.54, 1.807) is 0 Å². The van der Waals surface area contributed by atoms with Crippen molar-refractivity contribution < 1.29 is 14.8 Å². The number of benzene rings is 1. The molecule has 0 amide bonds. The maximum atomic E-state index is 11.1. The van der Waals surface area contributed by atoms with E-state index in [-0.39, 0.29) is 11.1 Å². The molecule has 0 fully saturated rings. The molecular formula is C11H10N4O6. The molecule has 10 heteroatoms. The van der Waals surface area contributed by atoms with Gasteiger partial charge in [0.1, 0.15) is 0 Å². The van der Waals surface area contributed by atoms with Gasteiger partial charge in [0.05, 0.1) is 11.6 Å². The van der Waals surface area contributed by atoms with Crippen molar-refractivity contribution in [1.29, 1.82) is 5.26 Å². The molecule has 0 bridgehead atoms. The molecule has 0 atom stereocenters. The fourth-order valence-electron chi connectivity index (χ4n) is 2.04. The average molecular weight is 294 g/mol. The normalized spacial score (nSPS) is 11.5. The number of hydrogen-bond donors (Lipinski definition) is 0. The first kappa shape index (κ1) is 16.0. The van der Waals surface area contributed by atoms with Gasteiger partial charge in [0.15, 0.2) is 14.8 Å². The highest BCUT2D eigenvalue weighted by atomic mass is 16.7. The Morgan fingerprint density at radius 1 is 0.952 bits per heavy atom. The largest absolute Gasteiger partial charge is 0.708 e. The van der Waals surface area contributed by atoms with Gasteiger partial charge in [0.2, 0.25) is 5.41 Å². The van der Waals surface area contributed by atoms with Crippen LogP contribution in [-0.4, -0.2) is 20.6 Å². The van der Waals surface area contributed by atoms with Crippen LogP contribution in [0.2, 0.25) is 0 Å². The van der Waals surface area contributed by atoms with Gasteiger partial charge in [-0.25, -0.2) is 0 Å². The Kier molecular flexibility index (Phi) is 3.89. The second-order valence-corrected chi connectivity index (χ2v) is 4.72. The summed E-state index contributed by atoms with van der Waals surface area (Å²) in [6.07, 6.45) is 0. The second-order valence-electron chi connectivity index (χ2n) is 4.72. The van der Waals surface area contributed by atoms with E-state index in [0.29, 0.717) is 0 Å². The minimum absolute atomic E-state index is 0.00611. The molecule has 1 aromatic rings. The summed E-state index contributed by atoms with van der Waals surface area (Å²) >= 11 is 0. The quantitative estimate of drug-likeness (QED) is 0.450. The molecule has 0 spiro atoms. The van der Waals surface area contributed by atoms with Crippen molar-refractivity contribution in [2.24, 2.45) is 0 Å². The van der Waals surface area contributed by atoms with Gasteiger partial charge in [0.25, 0.3) is 0 Å². The van der Waals surface area contributed by atoms with E-state index in [0.717, 1.165) is 13.8 Å². The van der Waals surface area contributed by atoms with Crippen molar-refractivity contribution in [3.63, 3.8) is 0 Å². The highest BCUT2D eigenvalue weighted by Crippen LogP contribution is 2.38. The van der Waals surface area contributed by atoms with Gasteiger partial charge >= 0.3 is 5.79 Å². The Morgan fingerprint density at radius 2 is 1.33 bits per heavy atom. The second kappa shape index (κ2) is 5.12. The lowest BCUT2D eigenvalue weighted by Crippen LogP contribution is -2.64. The predicted molar refractivity (Wildman–Crippen MR) is 67.9 cm³/mol. The van der Waals surface area contributed by atoms with Crippen LogP contribution in [0.4, 0.5) is 0 Å². The molecular weight excluding hydrogens is 284 g/mol. The van der Waals surface area contributed by atoms with Crippen LogP contribution in [0.15, 0.2) is 24.3 Å². The molecule has 0 N–H and O–H groups in total. The predicted octanol–water partition coefficient (Wildman–Crippen LogP) is 1.32. The highest BCUT2D eigenvalue weighted by Gasteiger charge is 2.81. The summed E-state index contributed by atoms with van der Waals surface area (Å²) in [5.74, 6) is -3.62. The average Bonchev–Trinajstić information content (AvgIpc) is 2.37. The molecule has 0 saturated heterocycles. The molecule has 110 valence electrons. The molecule has 1 rings (SSSR count). The molecule has 0 heterocycles. The summed E-state index contributed by atoms with van der Waals surface area (Å²) in [6, 6.07) is 6.82. The summed E-state index contributed by atoms with van der Waals surface area (Å²) in [4.78, 5) is 28.8. The molecule has 0 aliphatic heterocycles. The fraction of sp³-hybridized carbons (Fsp3) is 0.364. The Balaban J connectivity index is 3.61. The van der Waals surface area contributed by atoms with E-state index in [1.807, 2.05) is 6.07 Å². The lowest BCUT2D eigenvalue weighted by molar-refractivity contribution is -0.980. The van der Waals surface area contributed by atoms with Crippen molar-refractivity contribution in [2.75, 3.05) is 0 Å². The van der Waals surface area contributed by atoms with Crippen molar-refractivity contribution in [3.05, 3.63) is 65.7 Å². The number of nitrogens with zero attached hydrogens (tertiary/aromatic N) is 4. The van der Waals surface area contributed by atoms with Crippen LogP contribution in [0.5, 0.6) is 0 Å². The summed E-state index contributed by atoms with van der Waals surface area (Å²) in [5, 5.41) is 42.0. The SMILES string of the molecule is CC(C)(c1ccc(C#N)cc1)C([N+](=O)[O-])([N+](=O)[O-])[N+](=O)[O-]. The summed E-state index contributed by atoms with van der Waals surface area (Å²) < 4.78 is 0. The number of rotatable bonds is 5. The van der Waals surface area contributed by atoms with Crippen LogP contribution in [0.25, 0.3) is 0 Å². The molecule has 1 aromatic carbocycles. The zero-order chi connectivity index (χ0) is 16.4. The van der Waals surface area contributed by atoms with Crippen LogP contribution in [0.3, 0.4) is 0 Å². The van der Waals surface area contributed by atoms with Gasteiger partial charge in [-0.1, -0.05) is 12.1 Å². The summed E-state index contributed by atoms with van der Waals surface area (Å²) in [7, 11) is 0. The Bertz CT molecular complexity index is 610. The third-order valence-electron chi connectivity index (χ3n) is 3.34. The third kappa shape index (κ3) is 2.14. The molecule has 0 aromatic heterocycles. The molecule has 0 saturated carbocycles. The Labute approximate surface area is 118 Å². The molecule has 0 radical (unpaired) electrons. The van der Waals surface area contributed by atoms with Gasteiger partial charge in [-0.15, -0.1) is 0 Å². The zero-order valence-electron chi connectivity index (χ0n) is 11.0. The zero-order valence-corrected chi connectivity index (χ0v) is 11.0. The lowest BCUT2D eigenvalue weighted by atomic mass is 9.78. The van der Waals surface area contributed by atoms with E-state index in [9.17, 15) is 30.3 Å². The van der Waals surface area contributed by atoms with E-state index in [2.05, 4.69) is 0 Å². The minimum atomic E-state index is -3.62. The number of hydrogen-bond acceptors (Lipinski definition) is 7. The van der Waals surface area contributed by atoms with Crippen molar-refractivity contribution >= 4 is 0 Å². The third-order valence-corrected chi connectivity index (χ3v) is 3.34. The first-order valence-corrected chi connectivity index (χ1v) is 5.56. The lowest BCUT2D eigenvalue weighted by Gasteiger charge is -2.24. The van der Waals surface area contributed by atoms with Gasteiger partial charge in [-0.3, -0.25) is 30.3 Å². The Hall–Kier alpha value is -3.09. The van der Waals surface area contributed by atoms with Gasteiger partial charge in [-0.05, 0) is 31.5 Å². The maximum Gasteiger partial charge on any atom is 0.708 e. The monoisotopic (exact) mass is 294 g/mol. The van der Waals surface area contributed by atoms with Crippen LogP contribution in [0.1, 0.15) is 25.0 Å². The standard InChI is InChI=1S/C11H10N4O6/c1-10(2,9-5-3-8(7-12)4-6-9)11(13(16)17,14(18)19)15(20)21/h3-6H,1-2H3. The van der Waals surface area contributed by atoms with Crippen LogP contribution < -0.4 is 0 Å². The maximum absolute atomic E-state index is 11.1. The molecule has 21 heavy (non-hydrogen) atoms. The molecule has 0 aliphatic carbocycles. The molecule has 10 nitrogen and oxygen atoms in total. The van der Waals surface area contributed by atoms with Crippen molar-refractivity contribution in [1.82, 2.24) is 0 Å².